The second-order valence-corrected chi connectivity index (χ2v) is 9.10. The van der Waals surface area contributed by atoms with E-state index in [1.54, 1.807) is 18.2 Å². The van der Waals surface area contributed by atoms with Gasteiger partial charge < -0.3 is 34.6 Å². The molecule has 1 aliphatic heterocycles. The molecule has 10 heteroatoms. The van der Waals surface area contributed by atoms with Gasteiger partial charge in [-0.3, -0.25) is 0 Å². The lowest BCUT2D eigenvalue weighted by molar-refractivity contribution is 0.0556. The van der Waals surface area contributed by atoms with Crippen molar-refractivity contribution >= 4 is 23.2 Å². The molecule has 0 bridgehead atoms. The molecule has 7 nitrogen and oxygen atoms in total. The van der Waals surface area contributed by atoms with E-state index in [2.05, 4.69) is 10.2 Å². The molecule has 2 aromatic rings. The number of halogens is 3. The van der Waals surface area contributed by atoms with Crippen LogP contribution in [0.1, 0.15) is 12.8 Å². The number of likely N-dealkylation sites (tertiary alicyclic amines) is 1. The minimum Gasteiger partial charge on any atom is -0.494 e. The molecule has 188 valence electrons. The minimum absolute atomic E-state index is 0.0889. The molecule has 0 unspecified atom stereocenters. The predicted octanol–water partition coefficient (Wildman–Crippen LogP) is 3.37. The predicted molar refractivity (Wildman–Crippen MR) is 130 cm³/mol. The van der Waals surface area contributed by atoms with Gasteiger partial charge in [0.1, 0.15) is 36.9 Å². The van der Waals surface area contributed by atoms with Crippen molar-refractivity contribution in [3.63, 3.8) is 0 Å². The Bertz CT molecular complexity index is 915. The molecular weight excluding hydrogens is 486 g/mol. The van der Waals surface area contributed by atoms with Gasteiger partial charge >= 0.3 is 0 Å². The van der Waals surface area contributed by atoms with Gasteiger partial charge in [0.2, 0.25) is 0 Å². The highest BCUT2D eigenvalue weighted by atomic mass is 35.5. The van der Waals surface area contributed by atoms with Gasteiger partial charge in [0.25, 0.3) is 0 Å². The van der Waals surface area contributed by atoms with E-state index < -0.39 is 18.0 Å². The number of methoxy groups -OCH3 is 1. The van der Waals surface area contributed by atoms with Crippen molar-refractivity contribution in [3.8, 4) is 17.2 Å². The van der Waals surface area contributed by atoms with Gasteiger partial charge in [0.05, 0.1) is 17.2 Å². The van der Waals surface area contributed by atoms with Gasteiger partial charge in [-0.05, 0) is 50.2 Å². The Balaban J connectivity index is 1.29. The monoisotopic (exact) mass is 516 g/mol. The third kappa shape index (κ3) is 8.45. The number of piperidine rings is 1. The molecule has 1 fully saturated rings. The van der Waals surface area contributed by atoms with Crippen LogP contribution in [0.25, 0.3) is 0 Å². The average molecular weight is 517 g/mol. The van der Waals surface area contributed by atoms with Gasteiger partial charge in [-0.2, -0.15) is 0 Å². The molecule has 2 atom stereocenters. The van der Waals surface area contributed by atoms with Crippen molar-refractivity contribution in [2.24, 2.45) is 0 Å². The van der Waals surface area contributed by atoms with Crippen molar-refractivity contribution in [3.05, 3.63) is 52.3 Å². The number of aliphatic hydroxyl groups is 2. The van der Waals surface area contributed by atoms with Crippen LogP contribution in [0.15, 0.2) is 36.4 Å². The summed E-state index contributed by atoms with van der Waals surface area (Å²) in [6, 6.07) is 9.50. The van der Waals surface area contributed by atoms with Crippen LogP contribution in [-0.2, 0) is 0 Å². The minimum atomic E-state index is -0.700. The number of hydrogen-bond donors (Lipinski definition) is 3. The Labute approximate surface area is 209 Å². The number of hydrogen-bond acceptors (Lipinski definition) is 7. The Hall–Kier alpha value is -1.81. The molecule has 2 aromatic carbocycles. The molecule has 0 aromatic heterocycles. The van der Waals surface area contributed by atoms with Crippen LogP contribution in [0.3, 0.4) is 0 Å². The highest BCUT2D eigenvalue weighted by molar-refractivity contribution is 6.42. The van der Waals surface area contributed by atoms with Gasteiger partial charge in [0.15, 0.2) is 11.6 Å². The fraction of sp³-hybridized carbons (Fsp3) is 0.500. The van der Waals surface area contributed by atoms with E-state index in [0.717, 1.165) is 25.9 Å². The second-order valence-electron chi connectivity index (χ2n) is 8.29. The number of aliphatic hydroxyl groups excluding tert-OH is 2. The van der Waals surface area contributed by atoms with E-state index in [9.17, 15) is 14.6 Å². The molecule has 3 rings (SSSR count). The van der Waals surface area contributed by atoms with E-state index in [-0.39, 0.29) is 25.0 Å². The Morgan fingerprint density at radius 2 is 1.65 bits per heavy atom. The second kappa shape index (κ2) is 13.3. The first-order chi connectivity index (χ1) is 16.3. The van der Waals surface area contributed by atoms with E-state index in [1.165, 1.54) is 25.3 Å². The van der Waals surface area contributed by atoms with E-state index in [1.807, 2.05) is 0 Å². The van der Waals surface area contributed by atoms with Crippen LogP contribution in [0.4, 0.5) is 4.39 Å². The molecule has 0 amide bonds. The highest BCUT2D eigenvalue weighted by Crippen LogP contribution is 2.26. The van der Waals surface area contributed by atoms with Crippen LogP contribution in [0.2, 0.25) is 10.0 Å². The van der Waals surface area contributed by atoms with Gasteiger partial charge in [0, 0.05) is 31.3 Å². The molecule has 0 aliphatic carbocycles. The maximum absolute atomic E-state index is 13.5. The van der Waals surface area contributed by atoms with Crippen LogP contribution >= 0.6 is 23.2 Å². The lowest BCUT2D eigenvalue weighted by Crippen LogP contribution is -2.47. The quantitative estimate of drug-likeness (QED) is 0.398. The standard InChI is InChI=1S/C24H31Cl2FN2O5/c1-32-24-11-20(3-5-23(24)27)33-14-17(30)12-28-16-6-8-29(9-7-16)13-18(31)15-34-19-2-4-21(25)22(26)10-19/h2-5,10-11,16-18,28,30-31H,6-9,12-15H2,1H3/t17-,18+/m0/s1. The summed E-state index contributed by atoms with van der Waals surface area (Å²) in [7, 11) is 1.39. The topological polar surface area (TPSA) is 83.4 Å². The third-order valence-electron chi connectivity index (χ3n) is 5.60. The Morgan fingerprint density at radius 3 is 2.32 bits per heavy atom. The van der Waals surface area contributed by atoms with Crippen molar-refractivity contribution in [2.75, 3.05) is 46.5 Å². The van der Waals surface area contributed by atoms with Crippen molar-refractivity contribution < 1.29 is 28.8 Å². The lowest BCUT2D eigenvalue weighted by atomic mass is 10.0. The van der Waals surface area contributed by atoms with Crippen LogP contribution in [0, 0.1) is 5.82 Å². The summed E-state index contributed by atoms with van der Waals surface area (Å²) in [5.41, 5.74) is 0. The van der Waals surface area contributed by atoms with Crippen molar-refractivity contribution in [1.29, 1.82) is 0 Å². The fourth-order valence-corrected chi connectivity index (χ4v) is 4.00. The largest absolute Gasteiger partial charge is 0.494 e. The molecule has 1 aliphatic rings. The molecule has 34 heavy (non-hydrogen) atoms. The maximum Gasteiger partial charge on any atom is 0.165 e. The zero-order valence-electron chi connectivity index (χ0n) is 19.1. The van der Waals surface area contributed by atoms with Crippen LogP contribution in [-0.4, -0.2) is 79.9 Å². The summed E-state index contributed by atoms with van der Waals surface area (Å²) >= 11 is 11.9. The number of benzene rings is 2. The summed E-state index contributed by atoms with van der Waals surface area (Å²) in [4.78, 5) is 2.20. The first kappa shape index (κ1) is 26.8. The number of β-amino-alcohol motifs (C(OH)–C–C–N with tert-alkyl or cyclic N) is 1. The molecular formula is C24H31Cl2FN2O5. The van der Waals surface area contributed by atoms with Gasteiger partial charge in [-0.1, -0.05) is 23.2 Å². The average Bonchev–Trinajstić information content (AvgIpc) is 2.83. The number of rotatable bonds is 12. The number of nitrogens with one attached hydrogen (secondary N) is 1. The van der Waals surface area contributed by atoms with E-state index >= 15 is 0 Å². The van der Waals surface area contributed by atoms with Crippen LogP contribution in [0.5, 0.6) is 17.2 Å². The van der Waals surface area contributed by atoms with Gasteiger partial charge in [-0.25, -0.2) is 4.39 Å². The first-order valence-electron chi connectivity index (χ1n) is 11.2. The molecule has 1 saturated heterocycles. The third-order valence-corrected chi connectivity index (χ3v) is 6.34. The van der Waals surface area contributed by atoms with E-state index in [4.69, 9.17) is 37.4 Å². The molecule has 1 heterocycles. The normalized spacial score (nSPS) is 16.8. The summed E-state index contributed by atoms with van der Waals surface area (Å²) in [6.07, 6.45) is 0.490. The van der Waals surface area contributed by atoms with Crippen molar-refractivity contribution in [1.82, 2.24) is 10.2 Å². The molecule has 0 spiro atoms. The molecule has 0 radical (unpaired) electrons. The smallest absolute Gasteiger partial charge is 0.165 e. The van der Waals surface area contributed by atoms with Gasteiger partial charge in [-0.15, -0.1) is 0 Å². The first-order valence-corrected chi connectivity index (χ1v) is 12.0. The molecule has 0 saturated carbocycles. The summed E-state index contributed by atoms with van der Waals surface area (Å²) in [5.74, 6) is 0.641. The molecule has 3 N–H and O–H groups in total. The zero-order valence-corrected chi connectivity index (χ0v) is 20.6. The summed E-state index contributed by atoms with van der Waals surface area (Å²) < 4.78 is 29.5. The number of nitrogens with zero attached hydrogens (tertiary/aromatic N) is 1. The SMILES string of the molecule is COc1cc(OC[C@@H](O)CNC2CCN(C[C@@H](O)COc3ccc(Cl)c(Cl)c3)CC2)ccc1F. The summed E-state index contributed by atoms with van der Waals surface area (Å²) in [6.45, 7) is 2.84. The Morgan fingerprint density at radius 1 is 1.00 bits per heavy atom. The van der Waals surface area contributed by atoms with Crippen molar-refractivity contribution in [2.45, 2.75) is 31.1 Å². The maximum atomic E-state index is 13.5. The Kier molecular flexibility index (Phi) is 10.5. The van der Waals surface area contributed by atoms with Crippen LogP contribution < -0.4 is 19.5 Å². The number of ether oxygens (including phenoxy) is 3. The lowest BCUT2D eigenvalue weighted by Gasteiger charge is -2.33. The zero-order chi connectivity index (χ0) is 24.5. The summed E-state index contributed by atoms with van der Waals surface area (Å²) in [5, 5.41) is 24.8. The fourth-order valence-electron chi connectivity index (χ4n) is 3.71. The highest BCUT2D eigenvalue weighted by Gasteiger charge is 2.22. The van der Waals surface area contributed by atoms with E-state index in [0.29, 0.717) is 34.6 Å².